The first-order valence-electron chi connectivity index (χ1n) is 6.18. The molecule has 1 aliphatic carbocycles. The molecule has 1 fully saturated rings. The fourth-order valence-corrected chi connectivity index (χ4v) is 3.28. The number of rotatable bonds is 1. The van der Waals surface area contributed by atoms with Crippen LogP contribution in [0.2, 0.25) is 0 Å². The van der Waals surface area contributed by atoms with Crippen molar-refractivity contribution in [1.82, 2.24) is 0 Å². The molecule has 0 saturated carbocycles. The third kappa shape index (κ3) is 1.61. The average Bonchev–Trinajstić information content (AvgIpc) is 2.78. The Morgan fingerprint density at radius 1 is 1.35 bits per heavy atom. The highest BCUT2D eigenvalue weighted by molar-refractivity contribution is 5.49. The van der Waals surface area contributed by atoms with Crippen LogP contribution in [0.25, 0.3) is 0 Å². The lowest BCUT2D eigenvalue weighted by Gasteiger charge is -2.32. The molecule has 1 aliphatic heterocycles. The maximum absolute atomic E-state index is 9.87. The molecule has 92 valence electrons. The van der Waals surface area contributed by atoms with Gasteiger partial charge in [-0.1, -0.05) is 6.92 Å². The summed E-state index contributed by atoms with van der Waals surface area (Å²) < 4.78 is 10.8. The van der Waals surface area contributed by atoms with E-state index < -0.39 is 0 Å². The second-order valence-electron chi connectivity index (χ2n) is 5.18. The Bertz CT molecular complexity index is 441. The quantitative estimate of drug-likeness (QED) is 0.810. The fraction of sp³-hybridized carbons (Fsp3) is 0.571. The summed E-state index contributed by atoms with van der Waals surface area (Å²) in [7, 11) is 1.59. The molecule has 3 rings (SSSR count). The van der Waals surface area contributed by atoms with Crippen LogP contribution in [-0.2, 0) is 11.2 Å². The molecule has 1 saturated heterocycles. The zero-order valence-electron chi connectivity index (χ0n) is 10.3. The molecular weight excluding hydrogens is 216 g/mol. The van der Waals surface area contributed by atoms with E-state index in [0.717, 1.165) is 19.6 Å². The predicted octanol–water partition coefficient (Wildman–Crippen LogP) is 2.32. The van der Waals surface area contributed by atoms with Crippen LogP contribution in [0, 0.1) is 11.8 Å². The minimum Gasteiger partial charge on any atom is -0.504 e. The van der Waals surface area contributed by atoms with Crippen LogP contribution in [-0.4, -0.2) is 25.4 Å². The van der Waals surface area contributed by atoms with Gasteiger partial charge in [0, 0.05) is 0 Å². The Kier molecular flexibility index (Phi) is 2.51. The van der Waals surface area contributed by atoms with E-state index >= 15 is 0 Å². The van der Waals surface area contributed by atoms with Gasteiger partial charge >= 0.3 is 0 Å². The maximum Gasteiger partial charge on any atom is 0.160 e. The smallest absolute Gasteiger partial charge is 0.160 e. The van der Waals surface area contributed by atoms with Crippen LogP contribution in [0.15, 0.2) is 12.1 Å². The first kappa shape index (κ1) is 10.9. The molecule has 0 radical (unpaired) electrons. The normalized spacial score (nSPS) is 30.8. The molecule has 1 heterocycles. The van der Waals surface area contributed by atoms with Gasteiger partial charge in [0.25, 0.3) is 0 Å². The van der Waals surface area contributed by atoms with Crippen LogP contribution >= 0.6 is 0 Å². The van der Waals surface area contributed by atoms with E-state index in [1.54, 1.807) is 7.11 Å². The van der Waals surface area contributed by atoms with Crippen LogP contribution in [0.5, 0.6) is 11.5 Å². The summed E-state index contributed by atoms with van der Waals surface area (Å²) in [5, 5.41) is 9.87. The van der Waals surface area contributed by atoms with E-state index in [-0.39, 0.29) is 5.75 Å². The van der Waals surface area contributed by atoms with E-state index in [9.17, 15) is 5.11 Å². The fourth-order valence-electron chi connectivity index (χ4n) is 3.28. The van der Waals surface area contributed by atoms with Crippen LogP contribution in [0.3, 0.4) is 0 Å². The molecule has 0 amide bonds. The molecular formula is C14H18O3. The van der Waals surface area contributed by atoms with E-state index in [4.69, 9.17) is 9.47 Å². The van der Waals surface area contributed by atoms with Crippen LogP contribution in [0.4, 0.5) is 0 Å². The van der Waals surface area contributed by atoms with Crippen molar-refractivity contribution >= 4 is 0 Å². The third-order valence-corrected chi connectivity index (χ3v) is 4.30. The number of hydrogen-bond acceptors (Lipinski definition) is 3. The second-order valence-corrected chi connectivity index (χ2v) is 5.18. The summed E-state index contributed by atoms with van der Waals surface area (Å²) in [6, 6.07) is 3.85. The first-order chi connectivity index (χ1) is 8.20. The molecule has 0 aromatic heterocycles. The average molecular weight is 234 g/mol. The highest BCUT2D eigenvalue weighted by Crippen LogP contribution is 2.45. The molecule has 1 N–H and O–H groups in total. The SMILES string of the molecule is COc1cc2c(cc1O)C(C)C1COC[C@@H]1C2. The van der Waals surface area contributed by atoms with Crippen molar-refractivity contribution in [2.24, 2.45) is 11.8 Å². The highest BCUT2D eigenvalue weighted by atomic mass is 16.5. The summed E-state index contributed by atoms with van der Waals surface area (Å²) in [6.07, 6.45) is 1.04. The minimum absolute atomic E-state index is 0.246. The first-order valence-corrected chi connectivity index (χ1v) is 6.18. The number of ether oxygens (including phenoxy) is 2. The van der Waals surface area contributed by atoms with Crippen molar-refractivity contribution in [3.05, 3.63) is 23.3 Å². The van der Waals surface area contributed by atoms with Gasteiger partial charge in [-0.15, -0.1) is 0 Å². The van der Waals surface area contributed by atoms with Crippen molar-refractivity contribution in [2.75, 3.05) is 20.3 Å². The van der Waals surface area contributed by atoms with Gasteiger partial charge in [0.05, 0.1) is 20.3 Å². The zero-order valence-corrected chi connectivity index (χ0v) is 10.3. The summed E-state index contributed by atoms with van der Waals surface area (Å²) >= 11 is 0. The van der Waals surface area contributed by atoms with Gasteiger partial charge in [-0.2, -0.15) is 0 Å². The van der Waals surface area contributed by atoms with Gasteiger partial charge in [0.2, 0.25) is 0 Å². The Hall–Kier alpha value is -1.22. The minimum atomic E-state index is 0.246. The molecule has 3 atom stereocenters. The van der Waals surface area contributed by atoms with Gasteiger partial charge in [-0.25, -0.2) is 0 Å². The van der Waals surface area contributed by atoms with E-state index in [2.05, 4.69) is 6.92 Å². The maximum atomic E-state index is 9.87. The Morgan fingerprint density at radius 3 is 2.94 bits per heavy atom. The van der Waals surface area contributed by atoms with Crippen molar-refractivity contribution < 1.29 is 14.6 Å². The molecule has 1 aromatic carbocycles. The second kappa shape index (κ2) is 3.91. The molecule has 2 unspecified atom stereocenters. The number of aromatic hydroxyl groups is 1. The highest BCUT2D eigenvalue weighted by Gasteiger charge is 2.38. The largest absolute Gasteiger partial charge is 0.504 e. The van der Waals surface area contributed by atoms with Gasteiger partial charge in [-0.3, -0.25) is 0 Å². The standard InChI is InChI=1S/C14H18O3/c1-8-11-5-13(15)14(16-2)4-9(11)3-10-6-17-7-12(8)10/h4-5,8,10,12,15H,3,6-7H2,1-2H3/t8?,10-,12?/m0/s1. The topological polar surface area (TPSA) is 38.7 Å². The Labute approximate surface area is 101 Å². The zero-order chi connectivity index (χ0) is 12.0. The predicted molar refractivity (Wildman–Crippen MR) is 64.6 cm³/mol. The van der Waals surface area contributed by atoms with E-state index in [1.165, 1.54) is 11.1 Å². The molecule has 3 heteroatoms. The number of phenols is 1. The molecule has 3 nitrogen and oxygen atoms in total. The molecule has 2 aliphatic rings. The van der Waals surface area contributed by atoms with Crippen molar-refractivity contribution in [1.29, 1.82) is 0 Å². The number of benzene rings is 1. The van der Waals surface area contributed by atoms with Crippen LogP contribution in [0.1, 0.15) is 24.0 Å². The van der Waals surface area contributed by atoms with Gasteiger partial charge < -0.3 is 14.6 Å². The lowest BCUT2D eigenvalue weighted by Crippen LogP contribution is -2.27. The van der Waals surface area contributed by atoms with Gasteiger partial charge in [0.1, 0.15) is 0 Å². The lowest BCUT2D eigenvalue weighted by atomic mass is 9.71. The molecule has 17 heavy (non-hydrogen) atoms. The summed E-state index contributed by atoms with van der Waals surface area (Å²) in [6.45, 7) is 3.96. The van der Waals surface area contributed by atoms with Crippen molar-refractivity contribution in [2.45, 2.75) is 19.3 Å². The number of fused-ring (bicyclic) bond motifs is 2. The summed E-state index contributed by atoms with van der Waals surface area (Å²) in [5.74, 6) is 2.52. The molecule has 1 aromatic rings. The third-order valence-electron chi connectivity index (χ3n) is 4.30. The molecule has 0 bridgehead atoms. The van der Waals surface area contributed by atoms with Gasteiger partial charge in [0.15, 0.2) is 11.5 Å². The van der Waals surface area contributed by atoms with E-state index in [0.29, 0.717) is 23.5 Å². The Morgan fingerprint density at radius 2 is 2.18 bits per heavy atom. The lowest BCUT2D eigenvalue weighted by molar-refractivity contribution is 0.179. The summed E-state index contributed by atoms with van der Waals surface area (Å²) in [4.78, 5) is 0. The molecule has 0 spiro atoms. The van der Waals surface area contributed by atoms with Crippen LogP contribution < -0.4 is 4.74 Å². The number of hydrogen-bond donors (Lipinski definition) is 1. The van der Waals surface area contributed by atoms with E-state index in [1.807, 2.05) is 12.1 Å². The Balaban J connectivity index is 2.05. The summed E-state index contributed by atoms with van der Waals surface area (Å²) in [5.41, 5.74) is 2.56. The monoisotopic (exact) mass is 234 g/mol. The number of methoxy groups -OCH3 is 1. The van der Waals surface area contributed by atoms with Gasteiger partial charge in [-0.05, 0) is 47.4 Å². The van der Waals surface area contributed by atoms with Crippen molar-refractivity contribution in [3.63, 3.8) is 0 Å². The van der Waals surface area contributed by atoms with Crippen molar-refractivity contribution in [3.8, 4) is 11.5 Å². The number of phenolic OH excluding ortho intramolecular Hbond substituents is 1.